The van der Waals surface area contributed by atoms with Crippen molar-refractivity contribution in [3.05, 3.63) is 63.9 Å². The molecule has 2 aromatic rings. The standard InChI is InChI=1S/C14H15BrN2/c1-10-8-11(5-6-13(10)15)14(16-2)12-4-3-7-17-9-12/h3-9,14,16H,1-2H3. The molecule has 0 aliphatic rings. The number of nitrogens with one attached hydrogen (secondary N) is 1. The number of rotatable bonds is 3. The van der Waals surface area contributed by atoms with Crippen molar-refractivity contribution in [2.45, 2.75) is 13.0 Å². The molecule has 88 valence electrons. The van der Waals surface area contributed by atoms with E-state index in [0.717, 1.165) is 4.47 Å². The fraction of sp³-hybridized carbons (Fsp3) is 0.214. The van der Waals surface area contributed by atoms with Gasteiger partial charge >= 0.3 is 0 Å². The highest BCUT2D eigenvalue weighted by Gasteiger charge is 2.12. The van der Waals surface area contributed by atoms with Crippen molar-refractivity contribution < 1.29 is 0 Å². The van der Waals surface area contributed by atoms with E-state index < -0.39 is 0 Å². The molecule has 2 nitrogen and oxygen atoms in total. The van der Waals surface area contributed by atoms with Gasteiger partial charge in [0.1, 0.15) is 0 Å². The fourth-order valence-corrected chi connectivity index (χ4v) is 2.17. The Kier molecular flexibility index (Phi) is 3.92. The zero-order valence-corrected chi connectivity index (χ0v) is 11.5. The van der Waals surface area contributed by atoms with Crippen molar-refractivity contribution in [3.8, 4) is 0 Å². The summed E-state index contributed by atoms with van der Waals surface area (Å²) in [5, 5.41) is 3.33. The maximum absolute atomic E-state index is 4.17. The van der Waals surface area contributed by atoms with Crippen LogP contribution in [-0.4, -0.2) is 12.0 Å². The van der Waals surface area contributed by atoms with Gasteiger partial charge in [-0.25, -0.2) is 0 Å². The van der Waals surface area contributed by atoms with Crippen molar-refractivity contribution in [1.82, 2.24) is 10.3 Å². The molecule has 1 atom stereocenters. The second-order valence-electron chi connectivity index (χ2n) is 4.02. The molecule has 0 radical (unpaired) electrons. The Bertz CT molecular complexity index is 497. The summed E-state index contributed by atoms with van der Waals surface area (Å²) in [5.74, 6) is 0. The van der Waals surface area contributed by atoms with Gasteiger partial charge in [-0.15, -0.1) is 0 Å². The number of hydrogen-bond acceptors (Lipinski definition) is 2. The van der Waals surface area contributed by atoms with Gasteiger partial charge < -0.3 is 5.32 Å². The molecule has 1 aromatic heterocycles. The molecule has 1 unspecified atom stereocenters. The van der Waals surface area contributed by atoms with Crippen LogP contribution in [0.2, 0.25) is 0 Å². The van der Waals surface area contributed by atoms with Gasteiger partial charge in [-0.1, -0.05) is 34.1 Å². The van der Waals surface area contributed by atoms with Crippen molar-refractivity contribution in [2.75, 3.05) is 7.05 Å². The third kappa shape index (κ3) is 2.73. The van der Waals surface area contributed by atoms with Gasteiger partial charge in [0.2, 0.25) is 0 Å². The summed E-state index contributed by atoms with van der Waals surface area (Å²) >= 11 is 3.52. The van der Waals surface area contributed by atoms with E-state index in [9.17, 15) is 0 Å². The zero-order valence-electron chi connectivity index (χ0n) is 9.94. The zero-order chi connectivity index (χ0) is 12.3. The van der Waals surface area contributed by atoms with Crippen molar-refractivity contribution in [2.24, 2.45) is 0 Å². The van der Waals surface area contributed by atoms with Crippen LogP contribution in [0.5, 0.6) is 0 Å². The third-order valence-electron chi connectivity index (χ3n) is 2.82. The molecule has 0 amide bonds. The number of aromatic nitrogens is 1. The smallest absolute Gasteiger partial charge is 0.0589 e. The Labute approximate surface area is 110 Å². The number of aryl methyl sites for hydroxylation is 1. The summed E-state index contributed by atoms with van der Waals surface area (Å²) in [4.78, 5) is 4.17. The summed E-state index contributed by atoms with van der Waals surface area (Å²) < 4.78 is 1.14. The van der Waals surface area contributed by atoms with Crippen LogP contribution in [0.15, 0.2) is 47.2 Å². The molecule has 0 fully saturated rings. The van der Waals surface area contributed by atoms with Gasteiger partial charge in [-0.3, -0.25) is 4.98 Å². The first-order valence-corrected chi connectivity index (χ1v) is 6.35. The molecule has 0 aliphatic carbocycles. The van der Waals surface area contributed by atoms with Crippen LogP contribution in [0.4, 0.5) is 0 Å². The van der Waals surface area contributed by atoms with E-state index in [1.807, 2.05) is 19.3 Å². The Hall–Kier alpha value is -1.19. The first-order valence-electron chi connectivity index (χ1n) is 5.55. The average molecular weight is 291 g/mol. The maximum atomic E-state index is 4.17. The van der Waals surface area contributed by atoms with Crippen molar-refractivity contribution in [1.29, 1.82) is 0 Å². The lowest BCUT2D eigenvalue weighted by Gasteiger charge is -2.17. The van der Waals surface area contributed by atoms with Crippen LogP contribution in [0.3, 0.4) is 0 Å². The molecule has 0 saturated heterocycles. The number of benzene rings is 1. The van der Waals surface area contributed by atoms with Gasteiger partial charge in [0.05, 0.1) is 6.04 Å². The molecular formula is C14H15BrN2. The Morgan fingerprint density at radius 2 is 2.06 bits per heavy atom. The highest BCUT2D eigenvalue weighted by molar-refractivity contribution is 9.10. The lowest BCUT2D eigenvalue weighted by atomic mass is 9.99. The minimum Gasteiger partial charge on any atom is -0.309 e. The predicted octanol–water partition coefficient (Wildman–Crippen LogP) is 3.46. The lowest BCUT2D eigenvalue weighted by Crippen LogP contribution is -2.17. The molecule has 1 aromatic carbocycles. The number of pyridine rings is 1. The second kappa shape index (κ2) is 5.43. The average Bonchev–Trinajstić information content (AvgIpc) is 2.36. The topological polar surface area (TPSA) is 24.9 Å². The third-order valence-corrected chi connectivity index (χ3v) is 3.71. The molecule has 0 aliphatic heterocycles. The number of halogens is 1. The highest BCUT2D eigenvalue weighted by Crippen LogP contribution is 2.25. The van der Waals surface area contributed by atoms with Crippen LogP contribution in [0.1, 0.15) is 22.7 Å². The summed E-state index contributed by atoms with van der Waals surface area (Å²) in [6, 6.07) is 10.7. The van der Waals surface area contributed by atoms with E-state index in [-0.39, 0.29) is 6.04 Å². The molecule has 3 heteroatoms. The fourth-order valence-electron chi connectivity index (χ4n) is 1.92. The highest BCUT2D eigenvalue weighted by atomic mass is 79.9. The van der Waals surface area contributed by atoms with Gasteiger partial charge in [0.25, 0.3) is 0 Å². The lowest BCUT2D eigenvalue weighted by molar-refractivity contribution is 0.688. The van der Waals surface area contributed by atoms with E-state index in [1.165, 1.54) is 16.7 Å². The van der Waals surface area contributed by atoms with Crippen molar-refractivity contribution >= 4 is 15.9 Å². The molecule has 2 rings (SSSR count). The Morgan fingerprint density at radius 1 is 1.24 bits per heavy atom. The number of nitrogens with zero attached hydrogens (tertiary/aromatic N) is 1. The first kappa shape index (κ1) is 12.3. The number of hydrogen-bond donors (Lipinski definition) is 1. The summed E-state index contributed by atoms with van der Waals surface area (Å²) in [5.41, 5.74) is 3.67. The molecule has 17 heavy (non-hydrogen) atoms. The molecule has 1 heterocycles. The molecule has 0 spiro atoms. The summed E-state index contributed by atoms with van der Waals surface area (Å²) in [6.07, 6.45) is 3.70. The normalized spacial score (nSPS) is 12.4. The van der Waals surface area contributed by atoms with Crippen LogP contribution in [-0.2, 0) is 0 Å². The van der Waals surface area contributed by atoms with Gasteiger partial charge in [-0.05, 0) is 42.8 Å². The Morgan fingerprint density at radius 3 is 2.65 bits per heavy atom. The predicted molar refractivity (Wildman–Crippen MR) is 74.0 cm³/mol. The summed E-state index contributed by atoms with van der Waals surface area (Å²) in [7, 11) is 1.97. The molecular weight excluding hydrogens is 276 g/mol. The summed E-state index contributed by atoms with van der Waals surface area (Å²) in [6.45, 7) is 2.10. The SMILES string of the molecule is CNC(c1cccnc1)c1ccc(Br)c(C)c1. The Balaban J connectivity index is 2.39. The molecule has 0 bridgehead atoms. The van der Waals surface area contributed by atoms with E-state index in [2.05, 4.69) is 57.4 Å². The van der Waals surface area contributed by atoms with Crippen LogP contribution < -0.4 is 5.32 Å². The van der Waals surface area contributed by atoms with E-state index in [0.29, 0.717) is 0 Å². The monoisotopic (exact) mass is 290 g/mol. The molecule has 0 saturated carbocycles. The van der Waals surface area contributed by atoms with E-state index in [4.69, 9.17) is 0 Å². The van der Waals surface area contributed by atoms with Crippen LogP contribution in [0, 0.1) is 6.92 Å². The van der Waals surface area contributed by atoms with E-state index >= 15 is 0 Å². The van der Waals surface area contributed by atoms with Crippen LogP contribution in [0.25, 0.3) is 0 Å². The van der Waals surface area contributed by atoms with Gasteiger partial charge in [-0.2, -0.15) is 0 Å². The van der Waals surface area contributed by atoms with Gasteiger partial charge in [0, 0.05) is 16.9 Å². The second-order valence-corrected chi connectivity index (χ2v) is 4.87. The van der Waals surface area contributed by atoms with Gasteiger partial charge in [0.15, 0.2) is 0 Å². The quantitative estimate of drug-likeness (QED) is 0.936. The maximum Gasteiger partial charge on any atom is 0.0589 e. The first-order chi connectivity index (χ1) is 8.22. The van der Waals surface area contributed by atoms with Crippen LogP contribution >= 0.6 is 15.9 Å². The minimum absolute atomic E-state index is 0.190. The van der Waals surface area contributed by atoms with Crippen molar-refractivity contribution in [3.63, 3.8) is 0 Å². The molecule has 1 N–H and O–H groups in total. The van der Waals surface area contributed by atoms with E-state index in [1.54, 1.807) is 6.20 Å². The minimum atomic E-state index is 0.190. The largest absolute Gasteiger partial charge is 0.309 e.